The molecule has 1 amide bonds. The van der Waals surface area contributed by atoms with Crippen LogP contribution < -0.4 is 10.2 Å². The van der Waals surface area contributed by atoms with Crippen LogP contribution in [0.4, 0.5) is 10.1 Å². The normalized spacial score (nSPS) is 15.5. The second kappa shape index (κ2) is 6.04. The zero-order valence-corrected chi connectivity index (χ0v) is 12.9. The number of amidine groups is 1. The van der Waals surface area contributed by atoms with Crippen molar-refractivity contribution in [3.05, 3.63) is 71.2 Å². The second-order valence-corrected chi connectivity index (χ2v) is 5.41. The molecule has 5 heteroatoms. The minimum absolute atomic E-state index is 0.240. The van der Waals surface area contributed by atoms with Gasteiger partial charge in [-0.3, -0.25) is 4.79 Å². The van der Waals surface area contributed by atoms with Crippen molar-refractivity contribution in [2.24, 2.45) is 4.99 Å². The van der Waals surface area contributed by atoms with Crippen molar-refractivity contribution in [1.82, 2.24) is 5.32 Å². The summed E-state index contributed by atoms with van der Waals surface area (Å²) in [5.74, 6) is -0.507. The summed E-state index contributed by atoms with van der Waals surface area (Å²) >= 11 is 0. The molecule has 1 N–H and O–H groups in total. The van der Waals surface area contributed by atoms with Crippen LogP contribution in [0.1, 0.15) is 11.1 Å². The molecule has 2 aromatic rings. The van der Waals surface area contributed by atoms with Crippen molar-refractivity contribution in [1.29, 1.82) is 0 Å². The monoisotopic (exact) mass is 309 g/mol. The maximum atomic E-state index is 13.8. The van der Waals surface area contributed by atoms with Crippen LogP contribution in [0.2, 0.25) is 0 Å². The second-order valence-electron chi connectivity index (χ2n) is 5.41. The van der Waals surface area contributed by atoms with Gasteiger partial charge in [0.15, 0.2) is 0 Å². The molecular weight excluding hydrogens is 293 g/mol. The van der Waals surface area contributed by atoms with Crippen molar-refractivity contribution < 1.29 is 9.18 Å². The predicted octanol–water partition coefficient (Wildman–Crippen LogP) is 2.81. The van der Waals surface area contributed by atoms with Gasteiger partial charge in [0.2, 0.25) is 0 Å². The largest absolute Gasteiger partial charge is 0.378 e. The third kappa shape index (κ3) is 3.13. The molecule has 0 saturated heterocycles. The van der Waals surface area contributed by atoms with Gasteiger partial charge in [-0.2, -0.15) is 0 Å². The quantitative estimate of drug-likeness (QED) is 0.886. The molecule has 0 fully saturated rings. The number of halogens is 1. The van der Waals surface area contributed by atoms with Gasteiger partial charge in [0, 0.05) is 19.8 Å². The van der Waals surface area contributed by atoms with Gasteiger partial charge in [0.05, 0.1) is 5.56 Å². The highest BCUT2D eigenvalue weighted by Gasteiger charge is 2.22. The van der Waals surface area contributed by atoms with Gasteiger partial charge >= 0.3 is 0 Å². The van der Waals surface area contributed by atoms with Crippen LogP contribution in [0.3, 0.4) is 0 Å². The fourth-order valence-electron chi connectivity index (χ4n) is 2.28. The lowest BCUT2D eigenvalue weighted by atomic mass is 10.1. The Kier molecular flexibility index (Phi) is 3.93. The van der Waals surface area contributed by atoms with Gasteiger partial charge in [-0.05, 0) is 35.9 Å². The number of benzene rings is 2. The summed E-state index contributed by atoms with van der Waals surface area (Å²) in [6.45, 7) is 0. The van der Waals surface area contributed by atoms with Gasteiger partial charge in [-0.15, -0.1) is 0 Å². The van der Waals surface area contributed by atoms with E-state index in [1.54, 1.807) is 24.3 Å². The summed E-state index contributed by atoms with van der Waals surface area (Å²) in [7, 11) is 3.92. The molecule has 1 aliphatic heterocycles. The summed E-state index contributed by atoms with van der Waals surface area (Å²) < 4.78 is 13.8. The van der Waals surface area contributed by atoms with E-state index in [4.69, 9.17) is 0 Å². The molecule has 0 bridgehead atoms. The maximum Gasteiger partial charge on any atom is 0.275 e. The van der Waals surface area contributed by atoms with Crippen LogP contribution in [-0.4, -0.2) is 25.8 Å². The standard InChI is InChI=1S/C18H16FN3O/c1-22(2)13-9-7-12(8-10-13)11-16-18(23)21-17(20-16)14-5-3-4-6-15(14)19/h3-11H,1-2H3,(H,20,21,23)/b16-11-. The number of amides is 1. The van der Waals surface area contributed by atoms with Crippen molar-refractivity contribution >= 4 is 23.5 Å². The molecule has 0 unspecified atom stereocenters. The minimum Gasteiger partial charge on any atom is -0.378 e. The van der Waals surface area contributed by atoms with E-state index in [1.807, 2.05) is 43.3 Å². The molecule has 116 valence electrons. The zero-order chi connectivity index (χ0) is 16.4. The Balaban J connectivity index is 1.90. The van der Waals surface area contributed by atoms with E-state index in [0.717, 1.165) is 11.3 Å². The molecule has 1 aliphatic rings. The zero-order valence-electron chi connectivity index (χ0n) is 12.9. The molecule has 0 saturated carbocycles. The van der Waals surface area contributed by atoms with Crippen LogP contribution in [-0.2, 0) is 4.79 Å². The van der Waals surface area contributed by atoms with Crippen molar-refractivity contribution in [2.45, 2.75) is 0 Å². The number of anilines is 1. The summed E-state index contributed by atoms with van der Waals surface area (Å²) in [6.07, 6.45) is 1.68. The van der Waals surface area contributed by atoms with E-state index in [9.17, 15) is 9.18 Å². The fraction of sp³-hybridized carbons (Fsp3) is 0.111. The summed E-state index contributed by atoms with van der Waals surface area (Å²) in [4.78, 5) is 18.2. The number of nitrogens with zero attached hydrogens (tertiary/aromatic N) is 2. The van der Waals surface area contributed by atoms with Crippen LogP contribution in [0.5, 0.6) is 0 Å². The number of nitrogens with one attached hydrogen (secondary N) is 1. The molecule has 0 radical (unpaired) electrons. The molecule has 4 nitrogen and oxygen atoms in total. The van der Waals surface area contributed by atoms with Crippen LogP contribution >= 0.6 is 0 Å². The molecule has 0 aliphatic carbocycles. The third-order valence-corrected chi connectivity index (χ3v) is 3.54. The lowest BCUT2D eigenvalue weighted by Crippen LogP contribution is -2.25. The average molecular weight is 309 g/mol. The molecule has 0 spiro atoms. The Morgan fingerprint density at radius 1 is 1.09 bits per heavy atom. The first-order valence-electron chi connectivity index (χ1n) is 7.18. The lowest BCUT2D eigenvalue weighted by Gasteiger charge is -2.11. The van der Waals surface area contributed by atoms with Crippen molar-refractivity contribution in [2.75, 3.05) is 19.0 Å². The van der Waals surface area contributed by atoms with Gasteiger partial charge in [0.1, 0.15) is 17.3 Å². The number of carbonyl (C=O) groups excluding carboxylic acids is 1. The Morgan fingerprint density at radius 3 is 2.43 bits per heavy atom. The fourth-order valence-corrected chi connectivity index (χ4v) is 2.28. The average Bonchev–Trinajstić information content (AvgIpc) is 2.89. The molecule has 0 aromatic heterocycles. The molecular formula is C18H16FN3O. The Bertz CT molecular complexity index is 807. The van der Waals surface area contributed by atoms with Crippen LogP contribution in [0.25, 0.3) is 6.08 Å². The number of rotatable bonds is 3. The van der Waals surface area contributed by atoms with Crippen molar-refractivity contribution in [3.8, 4) is 0 Å². The van der Waals surface area contributed by atoms with E-state index in [-0.39, 0.29) is 23.0 Å². The Hall–Kier alpha value is -2.95. The number of hydrogen-bond donors (Lipinski definition) is 1. The number of carbonyl (C=O) groups is 1. The summed E-state index contributed by atoms with van der Waals surface area (Å²) in [5, 5.41) is 2.61. The number of aliphatic imine (C=N–C) groups is 1. The molecule has 0 atom stereocenters. The van der Waals surface area contributed by atoms with Crippen molar-refractivity contribution in [3.63, 3.8) is 0 Å². The SMILES string of the molecule is CN(C)c1ccc(/C=C2\N=C(c3ccccc3F)NC2=O)cc1. The van der Waals surface area contributed by atoms with Gasteiger partial charge in [0.25, 0.3) is 5.91 Å². The third-order valence-electron chi connectivity index (χ3n) is 3.54. The molecule has 3 rings (SSSR count). The highest BCUT2D eigenvalue weighted by Crippen LogP contribution is 2.18. The first-order chi connectivity index (χ1) is 11.0. The van der Waals surface area contributed by atoms with E-state index in [0.29, 0.717) is 0 Å². The molecule has 2 aromatic carbocycles. The van der Waals surface area contributed by atoms with Gasteiger partial charge in [-0.1, -0.05) is 24.3 Å². The lowest BCUT2D eigenvalue weighted by molar-refractivity contribution is -0.115. The first-order valence-corrected chi connectivity index (χ1v) is 7.18. The Labute approximate surface area is 134 Å². The first kappa shape index (κ1) is 15.0. The highest BCUT2D eigenvalue weighted by atomic mass is 19.1. The highest BCUT2D eigenvalue weighted by molar-refractivity contribution is 6.19. The molecule has 23 heavy (non-hydrogen) atoms. The summed E-state index contributed by atoms with van der Waals surface area (Å²) in [6, 6.07) is 14.0. The minimum atomic E-state index is -0.414. The summed E-state index contributed by atoms with van der Waals surface area (Å²) in [5.41, 5.74) is 2.48. The Morgan fingerprint density at radius 2 is 1.78 bits per heavy atom. The van der Waals surface area contributed by atoms with Crippen LogP contribution in [0.15, 0.2) is 59.2 Å². The van der Waals surface area contributed by atoms with Gasteiger partial charge < -0.3 is 10.2 Å². The van der Waals surface area contributed by atoms with E-state index < -0.39 is 5.82 Å². The predicted molar refractivity (Wildman–Crippen MR) is 89.8 cm³/mol. The van der Waals surface area contributed by atoms with Crippen LogP contribution in [0, 0.1) is 5.82 Å². The maximum absolute atomic E-state index is 13.8. The van der Waals surface area contributed by atoms with E-state index in [2.05, 4.69) is 10.3 Å². The van der Waals surface area contributed by atoms with E-state index in [1.165, 1.54) is 6.07 Å². The molecule has 1 heterocycles. The van der Waals surface area contributed by atoms with E-state index >= 15 is 0 Å². The van der Waals surface area contributed by atoms with Gasteiger partial charge in [-0.25, -0.2) is 9.38 Å². The topological polar surface area (TPSA) is 44.7 Å². The number of hydrogen-bond acceptors (Lipinski definition) is 3. The smallest absolute Gasteiger partial charge is 0.275 e.